The summed E-state index contributed by atoms with van der Waals surface area (Å²) in [6.45, 7) is 25.3. The third-order valence-electron chi connectivity index (χ3n) is 5.21. The van der Waals surface area contributed by atoms with Gasteiger partial charge in [0.05, 0.1) is 19.6 Å². The first kappa shape index (κ1) is 31.2. The topological polar surface area (TPSA) is 27.7 Å². The summed E-state index contributed by atoms with van der Waals surface area (Å²) in [5.74, 6) is 0. The van der Waals surface area contributed by atoms with Crippen LogP contribution in [0.2, 0.25) is 0 Å². The van der Waals surface area contributed by atoms with Crippen molar-refractivity contribution in [2.24, 2.45) is 0 Å². The molecule has 0 saturated heterocycles. The molecular weight excluding hydrogens is 493 g/mol. The Bertz CT molecular complexity index is 381. The maximum Gasteiger partial charge on any atom is 0.562 e. The zero-order valence-electron chi connectivity index (χ0n) is 19.5. The Kier molecular flexibility index (Phi) is 20.2. The molecule has 0 aliphatic carbocycles. The molecule has 0 spiro atoms. The van der Waals surface area contributed by atoms with Gasteiger partial charge < -0.3 is 41.7 Å². The van der Waals surface area contributed by atoms with Crippen LogP contribution in [0.3, 0.4) is 0 Å². The second-order valence-corrected chi connectivity index (χ2v) is 10.4. The molecule has 29 heavy (non-hydrogen) atoms. The fourth-order valence-electron chi connectivity index (χ4n) is 3.37. The number of halogens is 1. The van der Waals surface area contributed by atoms with Gasteiger partial charge in [0.1, 0.15) is 0 Å². The van der Waals surface area contributed by atoms with Gasteiger partial charge in [-0.15, -0.1) is 0 Å². The van der Waals surface area contributed by atoms with E-state index in [2.05, 4.69) is 47.4 Å². The van der Waals surface area contributed by atoms with Gasteiger partial charge in [-0.05, 0) is 44.4 Å². The molecule has 0 bridgehead atoms. The highest BCUT2D eigenvalue weighted by molar-refractivity contribution is 6.62. The van der Waals surface area contributed by atoms with E-state index in [1.54, 1.807) is 0 Å². The van der Waals surface area contributed by atoms with Gasteiger partial charge in [0.2, 0.25) is 0 Å². The van der Waals surface area contributed by atoms with E-state index in [1.165, 1.54) is 0 Å². The molecule has 172 valence electrons. The Morgan fingerprint density at radius 3 is 1.28 bits per heavy atom. The van der Waals surface area contributed by atoms with Crippen LogP contribution in [0, 0.1) is 0 Å². The summed E-state index contributed by atoms with van der Waals surface area (Å²) >= 11 is 0. The second-order valence-electron chi connectivity index (χ2n) is 7.52. The molecule has 0 N–H and O–H groups in total. The molecule has 1 atom stereocenters. The summed E-state index contributed by atoms with van der Waals surface area (Å²) in [4.78, 5) is 0. The van der Waals surface area contributed by atoms with Crippen LogP contribution in [-0.2, 0) is 13.3 Å². The van der Waals surface area contributed by atoms with Crippen LogP contribution in [0.25, 0.3) is 0 Å². The van der Waals surface area contributed by atoms with E-state index in [9.17, 15) is 0 Å². The Morgan fingerprint density at radius 2 is 1.03 bits per heavy atom. The molecule has 0 saturated carbocycles. The summed E-state index contributed by atoms with van der Waals surface area (Å²) < 4.78 is 20.4. The number of nitrogens with zero attached hydrogens (tertiary/aromatic N) is 1. The van der Waals surface area contributed by atoms with Gasteiger partial charge in [-0.1, -0.05) is 59.8 Å². The molecule has 0 fully saturated rings. The molecule has 0 heterocycles. The SMILES string of the molecule is C=CC[N+](CC=C)(CC=C)C(C)[Si](OCCCC)(OCCCC)OCCCC.[I-]. The third-order valence-corrected chi connectivity index (χ3v) is 8.61. The number of hydrogen-bond acceptors (Lipinski definition) is 3. The minimum absolute atomic E-state index is 0. The van der Waals surface area contributed by atoms with Crippen molar-refractivity contribution in [3.63, 3.8) is 0 Å². The molecule has 4 nitrogen and oxygen atoms in total. The fraction of sp³-hybridized carbons (Fsp3) is 0.739. The van der Waals surface area contributed by atoms with Crippen molar-refractivity contribution in [2.45, 2.75) is 71.9 Å². The lowest BCUT2D eigenvalue weighted by Crippen LogP contribution is -3.00. The summed E-state index contributed by atoms with van der Waals surface area (Å²) in [6, 6.07) is 0. The largest absolute Gasteiger partial charge is 1.00 e. The zero-order valence-corrected chi connectivity index (χ0v) is 22.6. The molecule has 0 aliphatic heterocycles. The molecule has 1 unspecified atom stereocenters. The highest BCUT2D eigenvalue weighted by atomic mass is 127. The van der Waals surface area contributed by atoms with Gasteiger partial charge >= 0.3 is 8.80 Å². The van der Waals surface area contributed by atoms with Gasteiger partial charge in [0.15, 0.2) is 5.67 Å². The van der Waals surface area contributed by atoms with Crippen LogP contribution in [0.4, 0.5) is 0 Å². The van der Waals surface area contributed by atoms with E-state index in [0.29, 0.717) is 19.8 Å². The van der Waals surface area contributed by atoms with E-state index in [-0.39, 0.29) is 29.6 Å². The van der Waals surface area contributed by atoms with Crippen LogP contribution in [-0.4, -0.2) is 58.4 Å². The maximum absolute atomic E-state index is 6.55. The van der Waals surface area contributed by atoms with Gasteiger partial charge in [0, 0.05) is 19.8 Å². The van der Waals surface area contributed by atoms with Gasteiger partial charge in [0.25, 0.3) is 0 Å². The lowest BCUT2D eigenvalue weighted by Gasteiger charge is -2.47. The van der Waals surface area contributed by atoms with E-state index < -0.39 is 8.80 Å². The van der Waals surface area contributed by atoms with Crippen molar-refractivity contribution < 1.29 is 41.7 Å². The normalized spacial score (nSPS) is 12.8. The lowest BCUT2D eigenvalue weighted by molar-refractivity contribution is -0.925. The van der Waals surface area contributed by atoms with Crippen molar-refractivity contribution in [2.75, 3.05) is 39.5 Å². The molecule has 0 aromatic heterocycles. The molecule has 0 aromatic carbocycles. The van der Waals surface area contributed by atoms with E-state index in [1.807, 2.05) is 18.2 Å². The monoisotopic (exact) mass is 539 g/mol. The third kappa shape index (κ3) is 10.7. The molecule has 0 rings (SSSR count). The van der Waals surface area contributed by atoms with Crippen molar-refractivity contribution in [1.82, 2.24) is 0 Å². The molecule has 0 aliphatic rings. The van der Waals surface area contributed by atoms with E-state index in [0.717, 1.165) is 62.6 Å². The summed E-state index contributed by atoms with van der Waals surface area (Å²) in [5, 5.41) is 0. The Labute approximate surface area is 199 Å². The van der Waals surface area contributed by atoms with Crippen molar-refractivity contribution in [3.05, 3.63) is 38.0 Å². The summed E-state index contributed by atoms with van der Waals surface area (Å²) in [7, 11) is -2.93. The first-order chi connectivity index (χ1) is 13.5. The van der Waals surface area contributed by atoms with Crippen LogP contribution in [0.1, 0.15) is 66.2 Å². The number of rotatable bonds is 20. The molecule has 0 radical (unpaired) electrons. The van der Waals surface area contributed by atoms with Crippen LogP contribution >= 0.6 is 0 Å². The molecular formula is C23H46INO3Si. The molecule has 6 heteroatoms. The van der Waals surface area contributed by atoms with Gasteiger partial charge in [-0.25, -0.2) is 0 Å². The number of quaternary nitrogens is 1. The number of unbranched alkanes of at least 4 members (excludes halogenated alkanes) is 3. The lowest BCUT2D eigenvalue weighted by atomic mass is 10.3. The summed E-state index contributed by atoms with van der Waals surface area (Å²) in [5.41, 5.74) is 0.0760. The number of hydrogen-bond donors (Lipinski definition) is 0. The van der Waals surface area contributed by atoms with E-state index >= 15 is 0 Å². The fourth-order valence-corrected chi connectivity index (χ4v) is 6.62. The van der Waals surface area contributed by atoms with Crippen LogP contribution < -0.4 is 24.0 Å². The predicted molar refractivity (Wildman–Crippen MR) is 123 cm³/mol. The minimum Gasteiger partial charge on any atom is -1.00 e. The summed E-state index contributed by atoms with van der Waals surface area (Å²) in [6.07, 6.45) is 12.3. The predicted octanol–water partition coefficient (Wildman–Crippen LogP) is 2.68. The van der Waals surface area contributed by atoms with Crippen molar-refractivity contribution >= 4 is 8.80 Å². The zero-order chi connectivity index (χ0) is 21.3. The first-order valence-corrected chi connectivity index (χ1v) is 12.9. The second kappa shape index (κ2) is 18.8. The smallest absolute Gasteiger partial charge is 0.562 e. The van der Waals surface area contributed by atoms with Gasteiger partial charge in [-0.2, -0.15) is 0 Å². The Morgan fingerprint density at radius 1 is 0.724 bits per heavy atom. The van der Waals surface area contributed by atoms with Crippen molar-refractivity contribution in [3.8, 4) is 0 Å². The molecule has 0 aromatic rings. The van der Waals surface area contributed by atoms with E-state index in [4.69, 9.17) is 13.3 Å². The highest BCUT2D eigenvalue weighted by Gasteiger charge is 2.57. The van der Waals surface area contributed by atoms with Gasteiger partial charge in [-0.3, -0.25) is 0 Å². The standard InChI is InChI=1S/C23H46NO3Si.HI/c1-8-14-20-25-28(26-21-15-9-2,27-22-16-10-3)23(7)24(17-11-4,18-12-5)19-13-6;/h11-13,23H,4-6,8-10,14-22H2,1-3,7H3;1H/q+1;/p-1. The maximum atomic E-state index is 6.55. The Balaban J connectivity index is 0. The Hall–Kier alpha value is 0.00688. The average molecular weight is 540 g/mol. The quantitative estimate of drug-likeness (QED) is 0.0783. The average Bonchev–Trinajstić information content (AvgIpc) is 2.68. The van der Waals surface area contributed by atoms with Crippen LogP contribution in [0.15, 0.2) is 38.0 Å². The first-order valence-electron chi connectivity index (χ1n) is 11.1. The van der Waals surface area contributed by atoms with Crippen molar-refractivity contribution in [1.29, 1.82) is 0 Å². The molecule has 0 amide bonds. The minimum atomic E-state index is -2.93. The highest BCUT2D eigenvalue weighted by Crippen LogP contribution is 2.28. The van der Waals surface area contributed by atoms with Crippen LogP contribution in [0.5, 0.6) is 0 Å².